The van der Waals surface area contributed by atoms with Crippen molar-refractivity contribution in [2.45, 2.75) is 18.1 Å². The normalized spacial score (nSPS) is 11.9. The van der Waals surface area contributed by atoms with Crippen LogP contribution in [0.5, 0.6) is 0 Å². The third kappa shape index (κ3) is 4.36. The summed E-state index contributed by atoms with van der Waals surface area (Å²) in [5, 5.41) is 12.2. The lowest BCUT2D eigenvalue weighted by molar-refractivity contribution is -0.119. The molecule has 0 bridgehead atoms. The maximum atomic E-state index is 12.2. The van der Waals surface area contributed by atoms with Crippen LogP contribution in [0.3, 0.4) is 0 Å². The van der Waals surface area contributed by atoms with Crippen LogP contribution in [0, 0.1) is 0 Å². The van der Waals surface area contributed by atoms with Gasteiger partial charge in [0.05, 0.1) is 11.8 Å². The first-order valence-corrected chi connectivity index (χ1v) is 9.34. The van der Waals surface area contributed by atoms with E-state index >= 15 is 0 Å². The number of amides is 1. The van der Waals surface area contributed by atoms with Crippen LogP contribution in [0.2, 0.25) is 5.02 Å². The van der Waals surface area contributed by atoms with Crippen LogP contribution in [0.25, 0.3) is 11.4 Å². The first kappa shape index (κ1) is 18.3. The zero-order valence-corrected chi connectivity index (χ0v) is 15.7. The molecule has 1 amide bonds. The average molecular weight is 388 g/mol. The quantitative estimate of drug-likeness (QED) is 0.500. The number of thioether (sulfide) groups is 1. The molecule has 3 rings (SSSR count). The molecule has 1 unspecified atom stereocenters. The highest BCUT2D eigenvalue weighted by atomic mass is 35.5. The summed E-state index contributed by atoms with van der Waals surface area (Å²) in [5.74, 6) is 6.68. The zero-order valence-electron chi connectivity index (χ0n) is 14.1. The van der Waals surface area contributed by atoms with E-state index in [-0.39, 0.29) is 17.7 Å². The molecule has 134 valence electrons. The number of halogens is 1. The molecule has 0 fully saturated rings. The van der Waals surface area contributed by atoms with Gasteiger partial charge in [0.25, 0.3) is 0 Å². The summed E-state index contributed by atoms with van der Waals surface area (Å²) in [5.41, 5.74) is 1.86. The van der Waals surface area contributed by atoms with Gasteiger partial charge in [0.2, 0.25) is 11.1 Å². The van der Waals surface area contributed by atoms with Gasteiger partial charge in [0, 0.05) is 10.6 Å². The van der Waals surface area contributed by atoms with Crippen LogP contribution in [-0.2, 0) is 4.79 Å². The Labute approximate surface area is 160 Å². The van der Waals surface area contributed by atoms with E-state index in [2.05, 4.69) is 15.5 Å². The summed E-state index contributed by atoms with van der Waals surface area (Å²) < 4.78 is 1.38. The summed E-state index contributed by atoms with van der Waals surface area (Å²) in [7, 11) is 0. The molecule has 0 radical (unpaired) electrons. The molecular formula is C18H18ClN5OS. The van der Waals surface area contributed by atoms with Gasteiger partial charge in [-0.05, 0) is 36.8 Å². The molecule has 0 spiro atoms. The SMILES string of the molecule is CC(NC(=O)CSc1nnc(-c2ccc(Cl)cc2)n1N)c1ccccc1. The van der Waals surface area contributed by atoms with Crippen LogP contribution >= 0.6 is 23.4 Å². The molecule has 3 N–H and O–H groups in total. The number of aromatic nitrogens is 3. The lowest BCUT2D eigenvalue weighted by Gasteiger charge is -2.13. The van der Waals surface area contributed by atoms with Crippen molar-refractivity contribution in [3.05, 3.63) is 65.2 Å². The van der Waals surface area contributed by atoms with Gasteiger partial charge in [-0.2, -0.15) is 0 Å². The minimum Gasteiger partial charge on any atom is -0.349 e. The Morgan fingerprint density at radius 1 is 1.19 bits per heavy atom. The molecule has 26 heavy (non-hydrogen) atoms. The van der Waals surface area contributed by atoms with Crippen molar-refractivity contribution in [1.29, 1.82) is 0 Å². The maximum Gasteiger partial charge on any atom is 0.230 e. The molecule has 0 saturated heterocycles. The number of hydrogen-bond donors (Lipinski definition) is 2. The fourth-order valence-corrected chi connectivity index (χ4v) is 3.20. The molecular weight excluding hydrogens is 370 g/mol. The zero-order chi connectivity index (χ0) is 18.5. The molecule has 0 aliphatic rings. The number of carbonyl (C=O) groups excluding carboxylic acids is 1. The van der Waals surface area contributed by atoms with Crippen molar-refractivity contribution < 1.29 is 4.79 Å². The summed E-state index contributed by atoms with van der Waals surface area (Å²) in [6, 6.07) is 16.9. The number of benzene rings is 2. The fourth-order valence-electron chi connectivity index (χ4n) is 2.41. The highest BCUT2D eigenvalue weighted by molar-refractivity contribution is 7.99. The molecule has 1 aromatic heterocycles. The fraction of sp³-hybridized carbons (Fsp3) is 0.167. The second kappa shape index (κ2) is 8.25. The van der Waals surface area contributed by atoms with Crippen molar-refractivity contribution in [2.24, 2.45) is 0 Å². The number of nitrogens with zero attached hydrogens (tertiary/aromatic N) is 3. The Morgan fingerprint density at radius 2 is 1.88 bits per heavy atom. The predicted molar refractivity (Wildman–Crippen MR) is 104 cm³/mol. The Kier molecular flexibility index (Phi) is 5.80. The number of carbonyl (C=O) groups is 1. The van der Waals surface area contributed by atoms with Crippen LogP contribution in [-0.4, -0.2) is 26.5 Å². The summed E-state index contributed by atoms with van der Waals surface area (Å²) in [6.45, 7) is 1.95. The Hall–Kier alpha value is -2.51. The Bertz CT molecular complexity index is 882. The molecule has 0 aliphatic carbocycles. The van der Waals surface area contributed by atoms with E-state index in [1.807, 2.05) is 49.4 Å². The minimum absolute atomic E-state index is 0.0651. The topological polar surface area (TPSA) is 85.8 Å². The number of nitrogens with two attached hydrogens (primary N) is 1. The van der Waals surface area contributed by atoms with Crippen LogP contribution < -0.4 is 11.2 Å². The molecule has 1 atom stereocenters. The Morgan fingerprint density at radius 3 is 2.58 bits per heavy atom. The van der Waals surface area contributed by atoms with E-state index in [1.54, 1.807) is 12.1 Å². The van der Waals surface area contributed by atoms with Crippen LogP contribution in [0.4, 0.5) is 0 Å². The van der Waals surface area contributed by atoms with E-state index in [1.165, 1.54) is 16.4 Å². The third-order valence-corrected chi connectivity index (χ3v) is 4.97. The Balaban J connectivity index is 1.60. The van der Waals surface area contributed by atoms with Crippen molar-refractivity contribution in [3.63, 3.8) is 0 Å². The highest BCUT2D eigenvalue weighted by Crippen LogP contribution is 2.23. The predicted octanol–water partition coefficient (Wildman–Crippen LogP) is 3.28. The number of rotatable bonds is 6. The summed E-state index contributed by atoms with van der Waals surface area (Å²) in [6.07, 6.45) is 0. The van der Waals surface area contributed by atoms with Crippen molar-refractivity contribution >= 4 is 29.3 Å². The molecule has 0 saturated carbocycles. The van der Waals surface area contributed by atoms with Crippen LogP contribution in [0.15, 0.2) is 59.8 Å². The number of nitrogen functional groups attached to an aromatic ring is 1. The van der Waals surface area contributed by atoms with Crippen molar-refractivity contribution in [2.75, 3.05) is 11.6 Å². The smallest absolute Gasteiger partial charge is 0.230 e. The summed E-state index contributed by atoms with van der Waals surface area (Å²) >= 11 is 7.13. The lowest BCUT2D eigenvalue weighted by Crippen LogP contribution is -2.28. The maximum absolute atomic E-state index is 12.2. The second-order valence-corrected chi connectivity index (χ2v) is 7.05. The second-order valence-electron chi connectivity index (χ2n) is 5.67. The lowest BCUT2D eigenvalue weighted by atomic mass is 10.1. The highest BCUT2D eigenvalue weighted by Gasteiger charge is 2.15. The van der Waals surface area contributed by atoms with Gasteiger partial charge in [0.1, 0.15) is 0 Å². The molecule has 6 nitrogen and oxygen atoms in total. The third-order valence-electron chi connectivity index (χ3n) is 3.78. The molecule has 0 aliphatic heterocycles. The van der Waals surface area contributed by atoms with E-state index in [4.69, 9.17) is 17.4 Å². The molecule has 2 aromatic carbocycles. The molecule has 3 aromatic rings. The van der Waals surface area contributed by atoms with E-state index in [9.17, 15) is 4.79 Å². The summed E-state index contributed by atoms with van der Waals surface area (Å²) in [4.78, 5) is 12.2. The minimum atomic E-state index is -0.0950. The number of hydrogen-bond acceptors (Lipinski definition) is 5. The van der Waals surface area contributed by atoms with Crippen LogP contribution in [0.1, 0.15) is 18.5 Å². The van der Waals surface area contributed by atoms with Gasteiger partial charge in [-0.25, -0.2) is 4.68 Å². The standard InChI is InChI=1S/C18H18ClN5OS/c1-12(13-5-3-2-4-6-13)21-16(25)11-26-18-23-22-17(24(18)20)14-7-9-15(19)10-8-14/h2-10,12H,11,20H2,1H3,(H,21,25). The largest absolute Gasteiger partial charge is 0.349 e. The van der Waals surface area contributed by atoms with Crippen molar-refractivity contribution in [3.8, 4) is 11.4 Å². The monoisotopic (exact) mass is 387 g/mol. The first-order valence-electron chi connectivity index (χ1n) is 7.98. The van der Waals surface area contributed by atoms with Gasteiger partial charge in [-0.15, -0.1) is 10.2 Å². The first-order chi connectivity index (χ1) is 12.5. The van der Waals surface area contributed by atoms with Gasteiger partial charge < -0.3 is 11.2 Å². The van der Waals surface area contributed by atoms with E-state index in [0.29, 0.717) is 16.0 Å². The molecule has 1 heterocycles. The van der Waals surface area contributed by atoms with Crippen molar-refractivity contribution in [1.82, 2.24) is 20.2 Å². The van der Waals surface area contributed by atoms with Gasteiger partial charge >= 0.3 is 0 Å². The van der Waals surface area contributed by atoms with Gasteiger partial charge in [0.15, 0.2) is 5.82 Å². The number of nitrogens with one attached hydrogen (secondary N) is 1. The van der Waals surface area contributed by atoms with E-state index < -0.39 is 0 Å². The van der Waals surface area contributed by atoms with Gasteiger partial charge in [-0.3, -0.25) is 4.79 Å². The average Bonchev–Trinajstić information content (AvgIpc) is 3.02. The van der Waals surface area contributed by atoms with E-state index in [0.717, 1.165) is 11.1 Å². The molecule has 8 heteroatoms. The van der Waals surface area contributed by atoms with Gasteiger partial charge in [-0.1, -0.05) is 53.7 Å².